The fourth-order valence-corrected chi connectivity index (χ4v) is 3.48. The molecule has 0 radical (unpaired) electrons. The summed E-state index contributed by atoms with van der Waals surface area (Å²) in [7, 11) is 0. The molecule has 0 aromatic heterocycles. The van der Waals surface area contributed by atoms with Gasteiger partial charge in [0.2, 0.25) is 5.91 Å². The number of benzene rings is 1. The van der Waals surface area contributed by atoms with E-state index >= 15 is 0 Å². The summed E-state index contributed by atoms with van der Waals surface area (Å²) >= 11 is 12.1. The van der Waals surface area contributed by atoms with Gasteiger partial charge in [-0.25, -0.2) is 0 Å². The fourth-order valence-electron chi connectivity index (χ4n) is 3.15. The lowest BCUT2D eigenvalue weighted by Crippen LogP contribution is -2.54. The van der Waals surface area contributed by atoms with Crippen LogP contribution in [0.2, 0.25) is 10.0 Å². The molecule has 0 aliphatic carbocycles. The zero-order valence-electron chi connectivity index (χ0n) is 11.0. The number of hydrogen-bond acceptors (Lipinski definition) is 3. The minimum atomic E-state index is 0.175. The summed E-state index contributed by atoms with van der Waals surface area (Å²) < 4.78 is 0. The van der Waals surface area contributed by atoms with E-state index in [4.69, 9.17) is 28.9 Å². The molecule has 2 unspecified atom stereocenters. The standard InChI is InChI=1S/C14H17Cl2N3O/c15-9-5-11(17)13(6-10(9)16)19-4-3-12-8(7-19)1-2-14(20)18-12/h5-6,8,12H,1-4,7,17H2,(H,18,20). The Labute approximate surface area is 128 Å². The predicted molar refractivity (Wildman–Crippen MR) is 82.4 cm³/mol. The zero-order valence-corrected chi connectivity index (χ0v) is 12.5. The van der Waals surface area contributed by atoms with Crippen LogP contribution in [0.1, 0.15) is 19.3 Å². The van der Waals surface area contributed by atoms with Crippen molar-refractivity contribution < 1.29 is 4.79 Å². The van der Waals surface area contributed by atoms with Gasteiger partial charge in [-0.2, -0.15) is 0 Å². The highest BCUT2D eigenvalue weighted by atomic mass is 35.5. The number of nitrogens with zero attached hydrogens (tertiary/aromatic N) is 1. The first-order chi connectivity index (χ1) is 9.54. The molecule has 2 heterocycles. The summed E-state index contributed by atoms with van der Waals surface area (Å²) in [4.78, 5) is 13.7. The van der Waals surface area contributed by atoms with Crippen molar-refractivity contribution in [1.29, 1.82) is 0 Å². The van der Waals surface area contributed by atoms with Crippen LogP contribution in [0, 0.1) is 5.92 Å². The second kappa shape index (κ2) is 5.34. The predicted octanol–water partition coefficient (Wildman–Crippen LogP) is 2.68. The molecule has 0 saturated carbocycles. The van der Waals surface area contributed by atoms with Gasteiger partial charge in [0, 0.05) is 25.6 Å². The van der Waals surface area contributed by atoms with Crippen LogP contribution in [-0.4, -0.2) is 25.0 Å². The first-order valence-corrected chi connectivity index (χ1v) is 7.59. The number of nitrogen functional groups attached to an aromatic ring is 1. The Bertz CT molecular complexity index is 549. The third-order valence-electron chi connectivity index (χ3n) is 4.23. The highest BCUT2D eigenvalue weighted by Gasteiger charge is 2.34. The molecule has 2 atom stereocenters. The van der Waals surface area contributed by atoms with Crippen LogP contribution in [-0.2, 0) is 4.79 Å². The van der Waals surface area contributed by atoms with E-state index in [0.29, 0.717) is 34.1 Å². The average molecular weight is 314 g/mol. The van der Waals surface area contributed by atoms with Gasteiger partial charge in [-0.1, -0.05) is 23.2 Å². The molecule has 2 saturated heterocycles. The lowest BCUT2D eigenvalue weighted by molar-refractivity contribution is -0.124. The number of rotatable bonds is 1. The van der Waals surface area contributed by atoms with Gasteiger partial charge in [-0.15, -0.1) is 0 Å². The van der Waals surface area contributed by atoms with Crippen LogP contribution >= 0.6 is 23.2 Å². The molecule has 1 amide bonds. The molecule has 1 aromatic carbocycles. The van der Waals surface area contributed by atoms with Gasteiger partial charge >= 0.3 is 0 Å². The molecule has 2 aliphatic heterocycles. The number of fused-ring (bicyclic) bond motifs is 1. The van der Waals surface area contributed by atoms with E-state index in [-0.39, 0.29) is 5.91 Å². The van der Waals surface area contributed by atoms with Crippen molar-refractivity contribution in [2.45, 2.75) is 25.3 Å². The molecule has 20 heavy (non-hydrogen) atoms. The summed E-state index contributed by atoms with van der Waals surface area (Å²) in [6, 6.07) is 3.84. The lowest BCUT2D eigenvalue weighted by Gasteiger charge is -2.42. The first kappa shape index (κ1) is 13.8. The largest absolute Gasteiger partial charge is 0.397 e. The van der Waals surface area contributed by atoms with E-state index in [1.54, 1.807) is 6.07 Å². The van der Waals surface area contributed by atoms with Crippen LogP contribution in [0.4, 0.5) is 11.4 Å². The van der Waals surface area contributed by atoms with Crippen LogP contribution in [0.15, 0.2) is 12.1 Å². The smallest absolute Gasteiger partial charge is 0.220 e. The summed E-state index contributed by atoms with van der Waals surface area (Å²) in [5.74, 6) is 0.657. The number of nitrogens with one attached hydrogen (secondary N) is 1. The van der Waals surface area contributed by atoms with Crippen LogP contribution in [0.5, 0.6) is 0 Å². The monoisotopic (exact) mass is 313 g/mol. The Morgan fingerprint density at radius 2 is 2.00 bits per heavy atom. The van der Waals surface area contributed by atoms with Crippen molar-refractivity contribution in [2.75, 3.05) is 23.7 Å². The highest BCUT2D eigenvalue weighted by Crippen LogP contribution is 2.36. The number of anilines is 2. The summed E-state index contributed by atoms with van der Waals surface area (Å²) in [6.45, 7) is 1.76. The number of piperidine rings is 2. The molecule has 6 heteroatoms. The van der Waals surface area contributed by atoms with Crippen LogP contribution in [0.3, 0.4) is 0 Å². The van der Waals surface area contributed by atoms with Gasteiger partial charge in [0.15, 0.2) is 0 Å². The van der Waals surface area contributed by atoms with Gasteiger partial charge in [0.25, 0.3) is 0 Å². The lowest BCUT2D eigenvalue weighted by atomic mass is 9.85. The van der Waals surface area contributed by atoms with Gasteiger partial charge < -0.3 is 16.0 Å². The minimum absolute atomic E-state index is 0.175. The van der Waals surface area contributed by atoms with Gasteiger partial charge in [-0.3, -0.25) is 4.79 Å². The van der Waals surface area contributed by atoms with Crippen LogP contribution < -0.4 is 16.0 Å². The van der Waals surface area contributed by atoms with Gasteiger partial charge in [0.05, 0.1) is 21.4 Å². The molecule has 2 aliphatic rings. The number of nitrogens with two attached hydrogens (primary N) is 1. The second-order valence-electron chi connectivity index (χ2n) is 5.53. The third kappa shape index (κ3) is 2.54. The van der Waals surface area contributed by atoms with Crippen molar-refractivity contribution in [3.05, 3.63) is 22.2 Å². The fraction of sp³-hybridized carbons (Fsp3) is 0.500. The van der Waals surface area contributed by atoms with E-state index in [0.717, 1.165) is 31.6 Å². The average Bonchev–Trinajstić information content (AvgIpc) is 2.42. The van der Waals surface area contributed by atoms with E-state index < -0.39 is 0 Å². The van der Waals surface area contributed by atoms with E-state index in [2.05, 4.69) is 10.2 Å². The van der Waals surface area contributed by atoms with Crippen molar-refractivity contribution in [2.24, 2.45) is 5.92 Å². The molecule has 0 spiro atoms. The molecule has 2 fully saturated rings. The molecule has 108 valence electrons. The van der Waals surface area contributed by atoms with Crippen molar-refractivity contribution in [3.8, 4) is 0 Å². The first-order valence-electron chi connectivity index (χ1n) is 6.83. The number of halogens is 2. The molecular formula is C14H17Cl2N3O. The Morgan fingerprint density at radius 1 is 1.25 bits per heavy atom. The summed E-state index contributed by atoms with van der Waals surface area (Å²) in [5, 5.41) is 4.08. The van der Waals surface area contributed by atoms with E-state index in [1.165, 1.54) is 0 Å². The Morgan fingerprint density at radius 3 is 2.80 bits per heavy atom. The van der Waals surface area contributed by atoms with E-state index in [1.807, 2.05) is 6.07 Å². The topological polar surface area (TPSA) is 58.4 Å². The molecule has 0 bridgehead atoms. The number of amides is 1. The van der Waals surface area contributed by atoms with Crippen molar-refractivity contribution in [3.63, 3.8) is 0 Å². The molecule has 4 nitrogen and oxygen atoms in total. The van der Waals surface area contributed by atoms with Gasteiger partial charge in [-0.05, 0) is 30.9 Å². The van der Waals surface area contributed by atoms with Crippen LogP contribution in [0.25, 0.3) is 0 Å². The summed E-state index contributed by atoms with van der Waals surface area (Å²) in [6.07, 6.45) is 2.50. The van der Waals surface area contributed by atoms with E-state index in [9.17, 15) is 4.79 Å². The molecule has 3 N–H and O–H groups in total. The number of carbonyl (C=O) groups is 1. The SMILES string of the molecule is Nc1cc(Cl)c(Cl)cc1N1CCC2NC(=O)CCC2C1. The quantitative estimate of drug-likeness (QED) is 0.784. The minimum Gasteiger partial charge on any atom is -0.397 e. The maximum absolute atomic E-state index is 11.4. The number of carbonyl (C=O) groups excluding carboxylic acids is 1. The Hall–Kier alpha value is -1.13. The Balaban J connectivity index is 1.80. The molecule has 1 aromatic rings. The maximum Gasteiger partial charge on any atom is 0.220 e. The van der Waals surface area contributed by atoms with Crippen molar-refractivity contribution >= 4 is 40.5 Å². The molecular weight excluding hydrogens is 297 g/mol. The highest BCUT2D eigenvalue weighted by molar-refractivity contribution is 6.42. The summed E-state index contributed by atoms with van der Waals surface area (Å²) in [5.41, 5.74) is 7.65. The van der Waals surface area contributed by atoms with Crippen molar-refractivity contribution in [1.82, 2.24) is 5.32 Å². The maximum atomic E-state index is 11.4. The molecule has 3 rings (SSSR count). The zero-order chi connectivity index (χ0) is 14.3. The number of hydrogen-bond donors (Lipinski definition) is 2. The second-order valence-corrected chi connectivity index (χ2v) is 6.35. The Kier molecular flexibility index (Phi) is 3.69. The third-order valence-corrected chi connectivity index (χ3v) is 4.95. The van der Waals surface area contributed by atoms with Gasteiger partial charge in [0.1, 0.15) is 0 Å². The normalized spacial score (nSPS) is 26.1.